The number of nitrogens with zero attached hydrogens (tertiary/aromatic N) is 1. The molecule has 0 spiro atoms. The predicted octanol–water partition coefficient (Wildman–Crippen LogP) is 0.438. The third-order valence-corrected chi connectivity index (χ3v) is 0. The van der Waals surface area contributed by atoms with Crippen LogP contribution in [0.5, 0.6) is 0 Å². The first-order chi connectivity index (χ1) is 2.41. The van der Waals surface area contributed by atoms with E-state index in [1.807, 2.05) is 0 Å². The van der Waals surface area contributed by atoms with Gasteiger partial charge in [-0.3, -0.25) is 0 Å². The molecule has 0 heterocycles. The van der Waals surface area contributed by atoms with Gasteiger partial charge in [-0.15, -0.1) is 4.91 Å². The molecule has 0 aromatic heterocycles. The molecule has 0 saturated heterocycles. The zero-order chi connectivity index (χ0) is 4.71. The number of nitrogens with one attached hydrogen (secondary N) is 1. The van der Waals surface area contributed by atoms with Crippen molar-refractivity contribution in [1.29, 1.82) is 4.78 Å². The summed E-state index contributed by atoms with van der Waals surface area (Å²) in [7, 11) is 0. The molecule has 4 nitrogen and oxygen atoms in total. The van der Waals surface area contributed by atoms with Crippen molar-refractivity contribution in [3.63, 3.8) is 0 Å². The van der Waals surface area contributed by atoms with Crippen LogP contribution in [0.1, 0.15) is 0 Å². The van der Waals surface area contributed by atoms with Crippen LogP contribution in [0.2, 0.25) is 0 Å². The van der Waals surface area contributed by atoms with Crippen LogP contribution in [0.4, 0.5) is 0 Å². The Hall–Kier alpha value is -0.580. The van der Waals surface area contributed by atoms with Crippen molar-refractivity contribution in [3.8, 4) is 0 Å². The van der Waals surface area contributed by atoms with E-state index < -0.39 is 0 Å². The lowest BCUT2D eigenvalue weighted by atomic mass is 13.4. The number of hydrogen-bond acceptors (Lipinski definition) is 4. The number of rotatable bonds is 0. The molecule has 0 atom stereocenters. The fourth-order valence-corrected chi connectivity index (χ4v) is 0. The second-order valence-electron chi connectivity index (χ2n) is 0.0816. The van der Waals surface area contributed by atoms with E-state index >= 15 is 0 Å². The van der Waals surface area contributed by atoms with Gasteiger partial charge in [0, 0.05) is 12.4 Å². The first-order valence-electron chi connectivity index (χ1n) is 0.587. The minimum atomic E-state index is 1.25. The summed E-state index contributed by atoms with van der Waals surface area (Å²) in [5.74, 6) is 0. The molecule has 0 aliphatic rings. The van der Waals surface area contributed by atoms with E-state index in [0.29, 0.717) is 0 Å². The molecule has 0 saturated carbocycles. The highest BCUT2D eigenvalue weighted by atomic mass is 32.1. The highest BCUT2D eigenvalue weighted by Gasteiger charge is 1.18. The molecule has 0 aromatic carbocycles. The van der Waals surface area contributed by atoms with Crippen LogP contribution in [-0.2, 0) is 12.4 Å². The Morgan fingerprint density at radius 1 is 1.80 bits per heavy atom. The summed E-state index contributed by atoms with van der Waals surface area (Å²) in [4.78, 5) is 8.11. The maximum Gasteiger partial charge on any atom is 0.152 e. The summed E-state index contributed by atoms with van der Waals surface area (Å²) in [6.07, 6.45) is 0. The van der Waals surface area contributed by atoms with E-state index in [-0.39, 0.29) is 0 Å². The van der Waals surface area contributed by atoms with E-state index in [1.165, 1.54) is 5.34 Å². The first kappa shape index (κ1) is 8.83. The third kappa shape index (κ3) is 20.5. The van der Waals surface area contributed by atoms with Gasteiger partial charge in [0.25, 0.3) is 0 Å². The average molecular weight is 94.1 g/mol. The smallest absolute Gasteiger partial charge is 0.152 e. The molecule has 5 heavy (non-hydrogen) atoms. The van der Waals surface area contributed by atoms with Crippen LogP contribution in [0, 0.1) is 9.69 Å². The van der Waals surface area contributed by atoms with Crippen molar-refractivity contribution in [2.45, 2.75) is 0 Å². The zero-order valence-corrected chi connectivity index (χ0v) is 3.03. The van der Waals surface area contributed by atoms with Crippen molar-refractivity contribution in [2.75, 3.05) is 0 Å². The second-order valence-corrected chi connectivity index (χ2v) is 0.0816. The van der Waals surface area contributed by atoms with Gasteiger partial charge in [0.2, 0.25) is 0 Å². The first-order valence-corrected chi connectivity index (χ1v) is 0.995. The van der Waals surface area contributed by atoms with Crippen molar-refractivity contribution < 1.29 is 5.21 Å². The molecular formula is H2N2O2S. The van der Waals surface area contributed by atoms with Gasteiger partial charge in [-0.05, 0) is 0 Å². The number of hydrogen-bond donors (Lipinski definition) is 2. The van der Waals surface area contributed by atoms with Crippen molar-refractivity contribution in [1.82, 2.24) is 0 Å². The normalized spacial score (nSPS) is 3.20. The van der Waals surface area contributed by atoms with Crippen molar-refractivity contribution in [2.24, 2.45) is 5.34 Å². The molecular weight excluding hydrogens is 92.1 g/mol. The molecule has 0 radical (unpaired) electrons. The molecule has 0 fully saturated rings. The monoisotopic (exact) mass is 94.0 g/mol. The fourth-order valence-electron chi connectivity index (χ4n) is 0. The summed E-state index contributed by atoms with van der Waals surface area (Å²) in [6.45, 7) is 0. The van der Waals surface area contributed by atoms with Crippen LogP contribution < -0.4 is 0 Å². The largest absolute Gasteiger partial charge is 0.379 e. The van der Waals surface area contributed by atoms with Gasteiger partial charge < -0.3 is 5.21 Å². The Morgan fingerprint density at radius 3 is 1.80 bits per heavy atom. The van der Waals surface area contributed by atoms with Crippen LogP contribution in [0.3, 0.4) is 0 Å². The van der Waals surface area contributed by atoms with E-state index in [4.69, 9.17) is 14.9 Å². The third-order valence-electron chi connectivity index (χ3n) is 0. The predicted molar refractivity (Wildman–Crippen MR) is 17.7 cm³/mol. The summed E-state index contributed by atoms with van der Waals surface area (Å²) in [6, 6.07) is 0. The van der Waals surface area contributed by atoms with E-state index in [0.717, 1.165) is 0 Å². The van der Waals surface area contributed by atoms with Crippen LogP contribution in [-0.4, -0.2) is 5.21 Å². The highest BCUT2D eigenvalue weighted by Crippen LogP contribution is 1.25. The minimum absolute atomic E-state index is 1.25. The molecule has 0 aromatic rings. The second kappa shape index (κ2) is 114. The summed E-state index contributed by atoms with van der Waals surface area (Å²) >= 11 is 3.33. The lowest BCUT2D eigenvalue weighted by molar-refractivity contribution is 0.312. The van der Waals surface area contributed by atoms with Gasteiger partial charge in [0.1, 0.15) is 0 Å². The molecule has 0 aliphatic carbocycles. The Balaban J connectivity index is 0. The molecule has 0 unspecified atom stereocenters. The van der Waals surface area contributed by atoms with Crippen LogP contribution in [0.25, 0.3) is 0 Å². The van der Waals surface area contributed by atoms with Gasteiger partial charge in [0.15, 0.2) is 5.34 Å². The van der Waals surface area contributed by atoms with Gasteiger partial charge in [-0.2, -0.15) is 0 Å². The molecule has 0 bridgehead atoms. The Bertz CT molecular complexity index is 21.6. The molecule has 30 valence electrons. The maximum atomic E-state index is 8.11. The van der Waals surface area contributed by atoms with Crippen LogP contribution >= 0.6 is 0 Å². The fraction of sp³-hybridized carbons (Fsp3) is 0. The molecule has 0 rings (SSSR count). The van der Waals surface area contributed by atoms with Gasteiger partial charge >= 0.3 is 0 Å². The quantitative estimate of drug-likeness (QED) is 0.338. The maximum absolute atomic E-state index is 8.11. The molecule has 5 heteroatoms. The van der Waals surface area contributed by atoms with E-state index in [9.17, 15) is 0 Å². The Labute approximate surface area is 33.7 Å². The zero-order valence-electron chi connectivity index (χ0n) is 2.21. The Morgan fingerprint density at radius 2 is 1.80 bits per heavy atom. The Kier molecular flexibility index (Phi) is 200. The lowest BCUT2D eigenvalue weighted by Gasteiger charge is -1.32. The van der Waals surface area contributed by atoms with Gasteiger partial charge in [-0.25, -0.2) is 4.78 Å². The average Bonchev–Trinajstić information content (AvgIpc) is 1.46. The van der Waals surface area contributed by atoms with Crippen molar-refractivity contribution >= 4 is 12.4 Å². The van der Waals surface area contributed by atoms with E-state index in [1.54, 1.807) is 0 Å². The lowest BCUT2D eigenvalue weighted by Crippen LogP contribution is -1.25. The highest BCUT2D eigenvalue weighted by molar-refractivity contribution is 7.45. The molecule has 0 aliphatic heterocycles. The molecule has 0 amide bonds. The van der Waals surface area contributed by atoms with E-state index in [2.05, 4.69) is 12.4 Å². The standard InChI is InChI=1S/HNO2.HNS/c2-1-3;1-2/h(H,2,3);1H. The topological polar surface area (TPSA) is 73.5 Å². The van der Waals surface area contributed by atoms with Crippen molar-refractivity contribution in [3.05, 3.63) is 4.91 Å². The van der Waals surface area contributed by atoms with Crippen LogP contribution in [0.15, 0.2) is 5.34 Å². The summed E-state index contributed by atoms with van der Waals surface area (Å²) in [5.41, 5.74) is 0. The SMILES string of the molecule is N=S.O=NO. The molecule has 2 N–H and O–H groups in total. The van der Waals surface area contributed by atoms with Gasteiger partial charge in [0.05, 0.1) is 0 Å². The minimum Gasteiger partial charge on any atom is -0.379 e. The van der Waals surface area contributed by atoms with Gasteiger partial charge in [-0.1, -0.05) is 0 Å². The summed E-state index contributed by atoms with van der Waals surface area (Å²) in [5, 5.41) is 7.89. The summed E-state index contributed by atoms with van der Waals surface area (Å²) < 4.78 is 5.33.